The highest BCUT2D eigenvalue weighted by atomic mass is 32.2. The Balaban J connectivity index is 1.65. The van der Waals surface area contributed by atoms with Crippen molar-refractivity contribution in [1.82, 2.24) is 9.62 Å². The molecule has 0 unspecified atom stereocenters. The van der Waals surface area contributed by atoms with Crippen LogP contribution in [-0.2, 0) is 21.4 Å². The van der Waals surface area contributed by atoms with E-state index in [1.807, 2.05) is 0 Å². The molecule has 1 aliphatic rings. The molecule has 1 heterocycles. The van der Waals surface area contributed by atoms with Gasteiger partial charge in [-0.3, -0.25) is 4.79 Å². The third-order valence-corrected chi connectivity index (χ3v) is 6.74. The Morgan fingerprint density at radius 3 is 2.61 bits per heavy atom. The molecule has 1 fully saturated rings. The summed E-state index contributed by atoms with van der Waals surface area (Å²) in [6.45, 7) is 0.552. The number of carbonyl (C=O) groups excluding carboxylic acids is 1. The molecule has 0 bridgehead atoms. The van der Waals surface area contributed by atoms with Crippen molar-refractivity contribution in [2.45, 2.75) is 24.3 Å². The number of methoxy groups -OCH3 is 1. The fourth-order valence-corrected chi connectivity index (χ4v) is 4.76. The van der Waals surface area contributed by atoms with Crippen LogP contribution in [0.1, 0.15) is 18.4 Å². The van der Waals surface area contributed by atoms with E-state index in [2.05, 4.69) is 5.32 Å². The first-order valence-corrected chi connectivity index (χ1v) is 10.5. The van der Waals surface area contributed by atoms with Gasteiger partial charge in [-0.1, -0.05) is 18.2 Å². The number of hydrogen-bond donors (Lipinski definition) is 1. The molecule has 1 saturated heterocycles. The Bertz CT molecular complexity index is 931. The van der Waals surface area contributed by atoms with Crippen molar-refractivity contribution in [2.24, 2.45) is 5.92 Å². The van der Waals surface area contributed by atoms with Crippen molar-refractivity contribution in [3.8, 4) is 5.75 Å². The van der Waals surface area contributed by atoms with Gasteiger partial charge in [0.2, 0.25) is 15.9 Å². The van der Waals surface area contributed by atoms with Gasteiger partial charge in [0.1, 0.15) is 11.6 Å². The highest BCUT2D eigenvalue weighted by molar-refractivity contribution is 7.89. The standard InChI is InChI=1S/C20H23FN2O4S/c1-27-17-8-10-18(11-9-17)28(25,26)23-12-4-6-16(14-23)20(24)22-13-15-5-2-3-7-19(15)21/h2-3,5,7-11,16H,4,6,12-14H2,1H3,(H,22,24)/t16-/m0/s1. The lowest BCUT2D eigenvalue weighted by Gasteiger charge is -2.31. The number of benzene rings is 2. The molecule has 0 spiro atoms. The molecule has 150 valence electrons. The summed E-state index contributed by atoms with van der Waals surface area (Å²) in [5.41, 5.74) is 0.398. The second-order valence-electron chi connectivity index (χ2n) is 6.69. The predicted molar refractivity (Wildman–Crippen MR) is 103 cm³/mol. The van der Waals surface area contributed by atoms with Crippen molar-refractivity contribution < 1.29 is 22.3 Å². The van der Waals surface area contributed by atoms with Gasteiger partial charge in [-0.25, -0.2) is 12.8 Å². The number of halogens is 1. The zero-order valence-corrected chi connectivity index (χ0v) is 16.4. The van der Waals surface area contributed by atoms with Crippen molar-refractivity contribution >= 4 is 15.9 Å². The van der Waals surface area contributed by atoms with Crippen molar-refractivity contribution in [3.05, 3.63) is 59.9 Å². The second kappa shape index (κ2) is 8.70. The summed E-state index contributed by atoms with van der Waals surface area (Å²) >= 11 is 0. The van der Waals surface area contributed by atoms with Gasteiger partial charge in [0.15, 0.2) is 0 Å². The molecule has 0 radical (unpaired) electrons. The largest absolute Gasteiger partial charge is 0.497 e. The number of rotatable bonds is 6. The summed E-state index contributed by atoms with van der Waals surface area (Å²) in [6, 6.07) is 12.4. The van der Waals surface area contributed by atoms with E-state index in [4.69, 9.17) is 4.74 Å². The molecule has 0 saturated carbocycles. The van der Waals surface area contributed by atoms with Crippen molar-refractivity contribution in [3.63, 3.8) is 0 Å². The minimum atomic E-state index is -3.69. The number of piperidine rings is 1. The van der Waals surface area contributed by atoms with Crippen LogP contribution in [0.25, 0.3) is 0 Å². The van der Waals surface area contributed by atoms with Crippen LogP contribution >= 0.6 is 0 Å². The molecule has 0 aliphatic carbocycles. The zero-order chi connectivity index (χ0) is 20.1. The molecule has 8 heteroatoms. The quantitative estimate of drug-likeness (QED) is 0.800. The van der Waals surface area contributed by atoms with Gasteiger partial charge >= 0.3 is 0 Å². The van der Waals surface area contributed by atoms with E-state index in [1.54, 1.807) is 30.3 Å². The smallest absolute Gasteiger partial charge is 0.243 e. The Hall–Kier alpha value is -2.45. The number of carbonyl (C=O) groups is 1. The van der Waals surface area contributed by atoms with Crippen LogP contribution in [0.15, 0.2) is 53.4 Å². The summed E-state index contributed by atoms with van der Waals surface area (Å²) in [7, 11) is -2.18. The number of nitrogens with one attached hydrogen (secondary N) is 1. The maximum absolute atomic E-state index is 13.7. The molecular formula is C20H23FN2O4S. The molecule has 1 amide bonds. The number of nitrogens with zero attached hydrogens (tertiary/aromatic N) is 1. The van der Waals surface area contributed by atoms with Gasteiger partial charge in [-0.05, 0) is 43.2 Å². The van der Waals surface area contributed by atoms with Crippen molar-refractivity contribution in [1.29, 1.82) is 0 Å². The highest BCUT2D eigenvalue weighted by Crippen LogP contribution is 2.25. The summed E-state index contributed by atoms with van der Waals surface area (Å²) in [5, 5.41) is 2.72. The number of sulfonamides is 1. The molecule has 28 heavy (non-hydrogen) atoms. The molecule has 6 nitrogen and oxygen atoms in total. The molecule has 2 aromatic carbocycles. The average molecular weight is 406 g/mol. The van der Waals surface area contributed by atoms with Crippen molar-refractivity contribution in [2.75, 3.05) is 20.2 Å². The van der Waals surface area contributed by atoms with Crippen LogP contribution in [0.3, 0.4) is 0 Å². The number of hydrogen-bond acceptors (Lipinski definition) is 4. The lowest BCUT2D eigenvalue weighted by molar-refractivity contribution is -0.126. The Labute approximate surface area is 164 Å². The Morgan fingerprint density at radius 1 is 1.21 bits per heavy atom. The molecular weight excluding hydrogens is 383 g/mol. The third-order valence-electron chi connectivity index (χ3n) is 4.86. The first-order chi connectivity index (χ1) is 13.4. The van der Waals surface area contributed by atoms with Gasteiger partial charge in [0, 0.05) is 25.2 Å². The van der Waals surface area contributed by atoms with Gasteiger partial charge < -0.3 is 10.1 Å². The van der Waals surface area contributed by atoms with E-state index in [1.165, 1.54) is 29.6 Å². The molecule has 1 atom stereocenters. The topological polar surface area (TPSA) is 75.7 Å². The molecule has 1 aliphatic heterocycles. The molecule has 0 aromatic heterocycles. The second-order valence-corrected chi connectivity index (χ2v) is 8.62. The van der Waals surface area contributed by atoms with Gasteiger partial charge in [0.05, 0.1) is 17.9 Å². The van der Waals surface area contributed by atoms with E-state index < -0.39 is 15.9 Å². The van der Waals surface area contributed by atoms with Crippen LogP contribution in [0, 0.1) is 11.7 Å². The van der Waals surface area contributed by atoms with Crippen LogP contribution in [0.2, 0.25) is 0 Å². The van der Waals surface area contributed by atoms with Crippen LogP contribution in [0.5, 0.6) is 5.75 Å². The van der Waals surface area contributed by atoms with Gasteiger partial charge in [-0.15, -0.1) is 0 Å². The Kier molecular flexibility index (Phi) is 6.31. The minimum absolute atomic E-state index is 0.0766. The van der Waals surface area contributed by atoms with Crippen LogP contribution < -0.4 is 10.1 Å². The lowest BCUT2D eigenvalue weighted by atomic mass is 9.98. The van der Waals surface area contributed by atoms with E-state index in [0.717, 1.165) is 0 Å². The van der Waals surface area contributed by atoms with E-state index in [9.17, 15) is 17.6 Å². The fraction of sp³-hybridized carbons (Fsp3) is 0.350. The lowest BCUT2D eigenvalue weighted by Crippen LogP contribution is -2.45. The molecule has 1 N–H and O–H groups in total. The first kappa shape index (κ1) is 20.3. The maximum Gasteiger partial charge on any atom is 0.243 e. The number of amides is 1. The summed E-state index contributed by atoms with van der Waals surface area (Å²) < 4.78 is 45.9. The van der Waals surface area contributed by atoms with Gasteiger partial charge in [0.25, 0.3) is 0 Å². The summed E-state index contributed by atoms with van der Waals surface area (Å²) in [5.74, 6) is -0.537. The fourth-order valence-electron chi connectivity index (χ4n) is 3.24. The average Bonchev–Trinajstić information content (AvgIpc) is 2.73. The number of ether oxygens (including phenoxy) is 1. The third kappa shape index (κ3) is 4.51. The van der Waals surface area contributed by atoms with E-state index in [0.29, 0.717) is 30.7 Å². The summed E-state index contributed by atoms with van der Waals surface area (Å²) in [6.07, 6.45) is 1.19. The minimum Gasteiger partial charge on any atom is -0.497 e. The molecule has 2 aromatic rings. The van der Waals surface area contributed by atoms with Crippen LogP contribution in [0.4, 0.5) is 4.39 Å². The zero-order valence-electron chi connectivity index (χ0n) is 15.6. The highest BCUT2D eigenvalue weighted by Gasteiger charge is 2.33. The van der Waals surface area contributed by atoms with Crippen LogP contribution in [-0.4, -0.2) is 38.8 Å². The summed E-state index contributed by atoms with van der Waals surface area (Å²) in [4.78, 5) is 12.7. The van der Waals surface area contributed by atoms with Gasteiger partial charge in [-0.2, -0.15) is 4.31 Å². The SMILES string of the molecule is COc1ccc(S(=O)(=O)N2CCC[C@H](C(=O)NCc3ccccc3F)C2)cc1. The Morgan fingerprint density at radius 2 is 1.93 bits per heavy atom. The van der Waals surface area contributed by atoms with E-state index in [-0.39, 0.29) is 29.7 Å². The maximum atomic E-state index is 13.7. The first-order valence-electron chi connectivity index (χ1n) is 9.07. The predicted octanol–water partition coefficient (Wildman–Crippen LogP) is 2.55. The monoisotopic (exact) mass is 406 g/mol. The molecule has 3 rings (SSSR count). The normalized spacial score (nSPS) is 17.9. The van der Waals surface area contributed by atoms with E-state index >= 15 is 0 Å².